The number of rotatable bonds is 1. The highest BCUT2D eigenvalue weighted by Gasteiger charge is 2.46. The summed E-state index contributed by atoms with van der Waals surface area (Å²) in [6, 6.07) is 0. The second-order valence-corrected chi connectivity index (χ2v) is 6.67. The van der Waals surface area contributed by atoms with Gasteiger partial charge in [0.25, 0.3) is 0 Å². The Balaban J connectivity index is 2.01. The number of ether oxygens (including phenoxy) is 1. The summed E-state index contributed by atoms with van der Waals surface area (Å²) in [5.41, 5.74) is 5.64. The van der Waals surface area contributed by atoms with Gasteiger partial charge < -0.3 is 15.4 Å². The minimum Gasteiger partial charge on any atom is -0.444 e. The molecular weight excluding hydrogens is 216 g/mol. The summed E-state index contributed by atoms with van der Waals surface area (Å²) in [6.07, 6.45) is 3.37. The van der Waals surface area contributed by atoms with Crippen molar-refractivity contribution in [2.75, 3.05) is 19.6 Å². The molecule has 2 rings (SSSR count). The molecule has 1 aliphatic carbocycles. The number of hydrogen-bond acceptors (Lipinski definition) is 3. The lowest BCUT2D eigenvalue weighted by Gasteiger charge is -2.40. The van der Waals surface area contributed by atoms with Crippen LogP contribution in [-0.4, -0.2) is 36.2 Å². The molecule has 0 spiro atoms. The third-order valence-corrected chi connectivity index (χ3v) is 3.89. The topological polar surface area (TPSA) is 55.6 Å². The molecule has 2 fully saturated rings. The van der Waals surface area contributed by atoms with Crippen LogP contribution < -0.4 is 5.73 Å². The van der Waals surface area contributed by atoms with Crippen molar-refractivity contribution in [2.45, 2.75) is 45.6 Å². The number of amides is 1. The van der Waals surface area contributed by atoms with Crippen molar-refractivity contribution < 1.29 is 9.53 Å². The van der Waals surface area contributed by atoms with Crippen LogP contribution in [-0.2, 0) is 4.74 Å². The zero-order valence-electron chi connectivity index (χ0n) is 11.2. The van der Waals surface area contributed by atoms with E-state index < -0.39 is 5.60 Å². The van der Waals surface area contributed by atoms with Gasteiger partial charge in [-0.1, -0.05) is 0 Å². The Labute approximate surface area is 103 Å². The van der Waals surface area contributed by atoms with Crippen molar-refractivity contribution in [1.29, 1.82) is 0 Å². The monoisotopic (exact) mass is 240 g/mol. The van der Waals surface area contributed by atoms with Crippen LogP contribution >= 0.6 is 0 Å². The average Bonchev–Trinajstić information content (AvgIpc) is 2.52. The Bertz CT molecular complexity index is 311. The molecule has 4 nitrogen and oxygen atoms in total. The lowest BCUT2D eigenvalue weighted by molar-refractivity contribution is 0.00596. The standard InChI is InChI=1S/C13H24N2O2/c1-12(2,3)17-11(16)15-7-10-4-5-13(6-10,8-14)9-15/h10H,4-9,14H2,1-3H3. The van der Waals surface area contributed by atoms with Gasteiger partial charge in [0.05, 0.1) is 0 Å². The molecule has 1 saturated carbocycles. The number of nitrogens with zero attached hydrogens (tertiary/aromatic N) is 1. The molecule has 2 atom stereocenters. The third-order valence-electron chi connectivity index (χ3n) is 3.89. The van der Waals surface area contributed by atoms with Crippen molar-refractivity contribution >= 4 is 6.09 Å². The first-order valence-corrected chi connectivity index (χ1v) is 6.52. The molecule has 0 aromatic carbocycles. The number of fused-ring (bicyclic) bond motifs is 2. The first kappa shape index (κ1) is 12.7. The third kappa shape index (κ3) is 2.73. The highest BCUT2D eigenvalue weighted by Crippen LogP contribution is 2.45. The molecule has 98 valence electrons. The molecule has 1 aliphatic heterocycles. The van der Waals surface area contributed by atoms with E-state index in [0.717, 1.165) is 19.5 Å². The summed E-state index contributed by atoms with van der Waals surface area (Å²) in [5, 5.41) is 0. The van der Waals surface area contributed by atoms with Crippen LogP contribution in [0.15, 0.2) is 0 Å². The molecule has 2 aliphatic rings. The highest BCUT2D eigenvalue weighted by molar-refractivity contribution is 5.68. The quantitative estimate of drug-likeness (QED) is 0.762. The zero-order chi connectivity index (χ0) is 12.7. The van der Waals surface area contributed by atoms with Gasteiger partial charge in [0, 0.05) is 18.5 Å². The molecule has 2 unspecified atom stereocenters. The van der Waals surface area contributed by atoms with E-state index in [1.807, 2.05) is 25.7 Å². The van der Waals surface area contributed by atoms with E-state index in [1.165, 1.54) is 12.8 Å². The summed E-state index contributed by atoms with van der Waals surface area (Å²) >= 11 is 0. The van der Waals surface area contributed by atoms with Crippen LogP contribution in [0, 0.1) is 11.3 Å². The van der Waals surface area contributed by atoms with E-state index in [-0.39, 0.29) is 11.5 Å². The Hall–Kier alpha value is -0.770. The fraction of sp³-hybridized carbons (Fsp3) is 0.923. The van der Waals surface area contributed by atoms with Crippen LogP contribution in [0.25, 0.3) is 0 Å². The second-order valence-electron chi connectivity index (χ2n) is 6.67. The highest BCUT2D eigenvalue weighted by atomic mass is 16.6. The Kier molecular flexibility index (Phi) is 3.10. The van der Waals surface area contributed by atoms with E-state index in [2.05, 4.69) is 0 Å². The Morgan fingerprint density at radius 2 is 2.24 bits per heavy atom. The summed E-state index contributed by atoms with van der Waals surface area (Å²) in [4.78, 5) is 13.9. The summed E-state index contributed by atoms with van der Waals surface area (Å²) < 4.78 is 5.44. The van der Waals surface area contributed by atoms with Gasteiger partial charge >= 0.3 is 6.09 Å². The van der Waals surface area contributed by atoms with Gasteiger partial charge in [0.1, 0.15) is 5.60 Å². The Morgan fingerprint density at radius 3 is 2.82 bits per heavy atom. The molecule has 0 aromatic rings. The van der Waals surface area contributed by atoms with E-state index >= 15 is 0 Å². The number of likely N-dealkylation sites (tertiary alicyclic amines) is 1. The lowest BCUT2D eigenvalue weighted by atomic mass is 9.82. The van der Waals surface area contributed by atoms with Gasteiger partial charge in [-0.2, -0.15) is 0 Å². The minimum atomic E-state index is -0.413. The van der Waals surface area contributed by atoms with Gasteiger partial charge in [-0.15, -0.1) is 0 Å². The Morgan fingerprint density at radius 1 is 1.53 bits per heavy atom. The van der Waals surface area contributed by atoms with E-state index in [1.54, 1.807) is 0 Å². The molecule has 1 heterocycles. The van der Waals surface area contributed by atoms with Crippen LogP contribution in [0.5, 0.6) is 0 Å². The fourth-order valence-corrected chi connectivity index (χ4v) is 3.12. The molecule has 0 aromatic heterocycles. The van der Waals surface area contributed by atoms with E-state index in [0.29, 0.717) is 12.5 Å². The number of nitrogens with two attached hydrogens (primary N) is 1. The van der Waals surface area contributed by atoms with Crippen LogP contribution in [0.3, 0.4) is 0 Å². The number of carbonyl (C=O) groups excluding carboxylic acids is 1. The maximum atomic E-state index is 12.1. The van der Waals surface area contributed by atoms with E-state index in [4.69, 9.17) is 10.5 Å². The summed E-state index contributed by atoms with van der Waals surface area (Å²) in [7, 11) is 0. The average molecular weight is 240 g/mol. The van der Waals surface area contributed by atoms with Crippen molar-refractivity contribution in [3.63, 3.8) is 0 Å². The molecule has 2 bridgehead atoms. The van der Waals surface area contributed by atoms with Crippen LogP contribution in [0.1, 0.15) is 40.0 Å². The van der Waals surface area contributed by atoms with Crippen molar-refractivity contribution in [1.82, 2.24) is 4.90 Å². The van der Waals surface area contributed by atoms with Gasteiger partial charge in [-0.3, -0.25) is 0 Å². The van der Waals surface area contributed by atoms with Crippen LogP contribution in [0.4, 0.5) is 4.79 Å². The van der Waals surface area contributed by atoms with Gasteiger partial charge in [0.2, 0.25) is 0 Å². The number of carbonyl (C=O) groups is 1. The molecular formula is C13H24N2O2. The molecule has 17 heavy (non-hydrogen) atoms. The number of piperidine rings is 1. The lowest BCUT2D eigenvalue weighted by Crippen LogP contribution is -2.50. The summed E-state index contributed by atoms with van der Waals surface area (Å²) in [6.45, 7) is 8.01. The minimum absolute atomic E-state index is 0.166. The molecule has 0 radical (unpaired) electrons. The molecule has 4 heteroatoms. The predicted octanol–water partition coefficient (Wildman–Crippen LogP) is 1.98. The van der Waals surface area contributed by atoms with Gasteiger partial charge in [-0.05, 0) is 52.5 Å². The smallest absolute Gasteiger partial charge is 0.410 e. The normalized spacial score (nSPS) is 32.7. The van der Waals surface area contributed by atoms with Crippen molar-refractivity contribution in [3.05, 3.63) is 0 Å². The largest absolute Gasteiger partial charge is 0.444 e. The van der Waals surface area contributed by atoms with Gasteiger partial charge in [0.15, 0.2) is 0 Å². The van der Waals surface area contributed by atoms with Crippen molar-refractivity contribution in [2.24, 2.45) is 17.1 Å². The predicted molar refractivity (Wildman–Crippen MR) is 66.6 cm³/mol. The first-order valence-electron chi connectivity index (χ1n) is 6.52. The van der Waals surface area contributed by atoms with Gasteiger partial charge in [-0.25, -0.2) is 4.79 Å². The van der Waals surface area contributed by atoms with Crippen molar-refractivity contribution in [3.8, 4) is 0 Å². The maximum Gasteiger partial charge on any atom is 0.410 e. The second kappa shape index (κ2) is 4.16. The molecule has 2 N–H and O–H groups in total. The molecule has 1 saturated heterocycles. The first-order chi connectivity index (χ1) is 7.84. The molecule has 1 amide bonds. The maximum absolute atomic E-state index is 12.1. The SMILES string of the molecule is CC(C)(C)OC(=O)N1CC2CCC(CN)(C2)C1. The summed E-state index contributed by atoms with van der Waals surface area (Å²) in [5.74, 6) is 0.625. The zero-order valence-corrected chi connectivity index (χ0v) is 11.2. The van der Waals surface area contributed by atoms with Crippen LogP contribution in [0.2, 0.25) is 0 Å². The fourth-order valence-electron chi connectivity index (χ4n) is 3.12. The number of hydrogen-bond donors (Lipinski definition) is 1. The van der Waals surface area contributed by atoms with E-state index in [9.17, 15) is 4.79 Å².